The summed E-state index contributed by atoms with van der Waals surface area (Å²) in [6.07, 6.45) is 5.28. The summed E-state index contributed by atoms with van der Waals surface area (Å²) < 4.78 is 8.04. The third kappa shape index (κ3) is 6.31. The van der Waals surface area contributed by atoms with E-state index >= 15 is 0 Å². The number of thioether (sulfide) groups is 1. The van der Waals surface area contributed by atoms with E-state index in [-0.39, 0.29) is 0 Å². The third-order valence-corrected chi connectivity index (χ3v) is 7.67. The maximum absolute atomic E-state index is 6.13. The zero-order valence-corrected chi connectivity index (χ0v) is 21.1. The Balaban J connectivity index is 1.32. The quantitative estimate of drug-likeness (QED) is 0.237. The van der Waals surface area contributed by atoms with E-state index in [1.807, 2.05) is 31.2 Å². The average Bonchev–Trinajstić information content (AvgIpc) is 3.43. The summed E-state index contributed by atoms with van der Waals surface area (Å²) in [5.74, 6) is 4.91. The van der Waals surface area contributed by atoms with Crippen LogP contribution in [0.25, 0.3) is 0 Å². The molecule has 33 heavy (non-hydrogen) atoms. The monoisotopic (exact) mass is 484 g/mol. The van der Waals surface area contributed by atoms with Crippen molar-refractivity contribution in [3.63, 3.8) is 0 Å². The van der Waals surface area contributed by atoms with E-state index in [2.05, 4.69) is 51.4 Å². The number of allylic oxidation sites excluding steroid dienone is 1. The molecule has 3 aromatic rings. The molecule has 0 bridgehead atoms. The number of furan rings is 1. The number of halogens is 1. The zero-order chi connectivity index (χ0) is 23.2. The molecule has 1 fully saturated rings. The van der Waals surface area contributed by atoms with Crippen LogP contribution in [0.2, 0.25) is 5.02 Å². The molecular formula is C26H33ClN4OS. The number of piperidine rings is 1. The molecular weight excluding hydrogens is 452 g/mol. The molecule has 0 aliphatic carbocycles. The Bertz CT molecular complexity index is 1050. The molecule has 3 heterocycles. The summed E-state index contributed by atoms with van der Waals surface area (Å²) in [6.45, 7) is 12.3. The van der Waals surface area contributed by atoms with E-state index in [9.17, 15) is 0 Å². The number of nitrogens with zero attached hydrogens (tertiary/aromatic N) is 4. The van der Waals surface area contributed by atoms with Crippen LogP contribution in [-0.4, -0.2) is 39.3 Å². The molecule has 1 atom stereocenters. The van der Waals surface area contributed by atoms with Crippen molar-refractivity contribution in [2.75, 3.05) is 19.6 Å². The van der Waals surface area contributed by atoms with Crippen molar-refractivity contribution in [3.8, 4) is 0 Å². The highest BCUT2D eigenvalue weighted by molar-refractivity contribution is 7.98. The predicted molar refractivity (Wildman–Crippen MR) is 136 cm³/mol. The van der Waals surface area contributed by atoms with Gasteiger partial charge in [0.05, 0.1) is 0 Å². The molecule has 5 nitrogen and oxygen atoms in total. The third-order valence-electron chi connectivity index (χ3n) is 6.39. The molecule has 2 aromatic heterocycles. The van der Waals surface area contributed by atoms with Crippen molar-refractivity contribution in [1.82, 2.24) is 19.7 Å². The molecule has 1 aliphatic heterocycles. The number of rotatable bonds is 10. The Kier molecular flexibility index (Phi) is 8.34. The molecule has 1 aromatic carbocycles. The van der Waals surface area contributed by atoms with Gasteiger partial charge in [0, 0.05) is 29.2 Å². The minimum atomic E-state index is 0.444. The highest BCUT2D eigenvalue weighted by atomic mass is 35.5. The lowest BCUT2D eigenvalue weighted by atomic mass is 9.95. The van der Waals surface area contributed by atoms with Crippen LogP contribution >= 0.6 is 23.4 Å². The van der Waals surface area contributed by atoms with Crippen molar-refractivity contribution in [1.29, 1.82) is 0 Å². The van der Waals surface area contributed by atoms with Crippen molar-refractivity contribution in [3.05, 3.63) is 77.0 Å². The second kappa shape index (κ2) is 11.4. The average molecular weight is 485 g/mol. The maximum Gasteiger partial charge on any atom is 0.191 e. The van der Waals surface area contributed by atoms with Crippen molar-refractivity contribution >= 4 is 23.4 Å². The molecule has 0 saturated carbocycles. The van der Waals surface area contributed by atoms with Gasteiger partial charge < -0.3 is 13.9 Å². The molecule has 0 N–H and O–H groups in total. The van der Waals surface area contributed by atoms with Gasteiger partial charge in [-0.2, -0.15) is 0 Å². The first-order valence-corrected chi connectivity index (χ1v) is 13.1. The Morgan fingerprint density at radius 3 is 2.76 bits per heavy atom. The van der Waals surface area contributed by atoms with Crippen LogP contribution < -0.4 is 0 Å². The van der Waals surface area contributed by atoms with Crippen LogP contribution in [0.5, 0.6) is 0 Å². The summed E-state index contributed by atoms with van der Waals surface area (Å²) in [4.78, 5) is 2.58. The van der Waals surface area contributed by atoms with Gasteiger partial charge in [-0.05, 0) is 75.6 Å². The Morgan fingerprint density at radius 2 is 2.06 bits per heavy atom. The van der Waals surface area contributed by atoms with Crippen LogP contribution in [0.4, 0.5) is 0 Å². The second-order valence-electron chi connectivity index (χ2n) is 8.91. The van der Waals surface area contributed by atoms with Crippen LogP contribution in [0.3, 0.4) is 0 Å². The lowest BCUT2D eigenvalue weighted by Gasteiger charge is -2.32. The first-order chi connectivity index (χ1) is 16.0. The van der Waals surface area contributed by atoms with Crippen LogP contribution in [-0.2, 0) is 12.3 Å². The van der Waals surface area contributed by atoms with Gasteiger partial charge >= 0.3 is 0 Å². The van der Waals surface area contributed by atoms with Gasteiger partial charge in [-0.15, -0.1) is 16.8 Å². The molecule has 0 amide bonds. The minimum absolute atomic E-state index is 0.444. The minimum Gasteiger partial charge on any atom is -0.466 e. The Hall–Kier alpha value is -2.02. The first kappa shape index (κ1) is 24.1. The molecule has 4 rings (SSSR count). The fourth-order valence-corrected chi connectivity index (χ4v) is 5.55. The van der Waals surface area contributed by atoms with Crippen molar-refractivity contribution in [2.45, 2.75) is 62.4 Å². The van der Waals surface area contributed by atoms with Gasteiger partial charge in [-0.1, -0.05) is 48.5 Å². The summed E-state index contributed by atoms with van der Waals surface area (Å²) in [5.41, 5.74) is 1.19. The van der Waals surface area contributed by atoms with Gasteiger partial charge in [-0.3, -0.25) is 0 Å². The van der Waals surface area contributed by atoms with E-state index in [1.54, 1.807) is 11.8 Å². The summed E-state index contributed by atoms with van der Waals surface area (Å²) >= 11 is 7.84. The highest BCUT2D eigenvalue weighted by Gasteiger charge is 2.26. The van der Waals surface area contributed by atoms with E-state index < -0.39 is 0 Å². The van der Waals surface area contributed by atoms with Gasteiger partial charge in [0.15, 0.2) is 5.16 Å². The smallest absolute Gasteiger partial charge is 0.191 e. The molecule has 1 saturated heterocycles. The summed E-state index contributed by atoms with van der Waals surface area (Å²) in [5, 5.41) is 10.9. The zero-order valence-electron chi connectivity index (χ0n) is 19.5. The fraction of sp³-hybridized carbons (Fsp3) is 0.462. The largest absolute Gasteiger partial charge is 0.466 e. The SMILES string of the molecule is C=CCn1c(SCc2cccc(Cl)c2)nnc1C1CCN(CC[C@@H](C)c2ccc(C)o2)CC1. The number of hydrogen-bond donors (Lipinski definition) is 0. The molecule has 0 spiro atoms. The van der Waals surface area contributed by atoms with Gasteiger partial charge in [0.1, 0.15) is 17.3 Å². The Labute approximate surface area is 206 Å². The second-order valence-corrected chi connectivity index (χ2v) is 10.3. The normalized spacial score (nSPS) is 16.2. The number of hydrogen-bond acceptors (Lipinski definition) is 5. The van der Waals surface area contributed by atoms with Gasteiger partial charge in [0.2, 0.25) is 0 Å². The van der Waals surface area contributed by atoms with Gasteiger partial charge in [-0.25, -0.2) is 0 Å². The van der Waals surface area contributed by atoms with Crippen LogP contribution in [0.1, 0.15) is 60.9 Å². The topological polar surface area (TPSA) is 47.1 Å². The van der Waals surface area contributed by atoms with Crippen molar-refractivity contribution in [2.24, 2.45) is 0 Å². The van der Waals surface area contributed by atoms with Crippen LogP contribution in [0.15, 0.2) is 58.6 Å². The number of benzene rings is 1. The Morgan fingerprint density at radius 1 is 1.24 bits per heavy atom. The molecule has 1 aliphatic rings. The first-order valence-electron chi connectivity index (χ1n) is 11.7. The molecule has 0 radical (unpaired) electrons. The van der Waals surface area contributed by atoms with Gasteiger partial charge in [0.25, 0.3) is 0 Å². The highest BCUT2D eigenvalue weighted by Crippen LogP contribution is 2.31. The lowest BCUT2D eigenvalue weighted by Crippen LogP contribution is -2.34. The molecule has 0 unspecified atom stereocenters. The standard InChI is InChI=1S/C26H33ClN4OS/c1-4-13-31-25(28-29-26(31)33-18-21-6-5-7-23(27)17-21)22-11-15-30(16-12-22)14-10-19(2)24-9-8-20(3)32-24/h4-9,17,19,22H,1,10-16,18H2,2-3H3/t19-/m1/s1. The molecule has 7 heteroatoms. The summed E-state index contributed by atoms with van der Waals surface area (Å²) in [6, 6.07) is 12.2. The molecule has 176 valence electrons. The maximum atomic E-state index is 6.13. The van der Waals surface area contributed by atoms with E-state index in [0.29, 0.717) is 11.8 Å². The van der Waals surface area contributed by atoms with E-state index in [1.165, 1.54) is 5.56 Å². The predicted octanol–water partition coefficient (Wildman–Crippen LogP) is 6.68. The fourth-order valence-electron chi connectivity index (χ4n) is 4.44. The number of likely N-dealkylation sites (tertiary alicyclic amines) is 1. The lowest BCUT2D eigenvalue weighted by molar-refractivity contribution is 0.200. The van der Waals surface area contributed by atoms with E-state index in [0.717, 1.165) is 78.7 Å². The summed E-state index contributed by atoms with van der Waals surface area (Å²) in [7, 11) is 0. The number of aryl methyl sites for hydroxylation is 1. The van der Waals surface area contributed by atoms with E-state index in [4.69, 9.17) is 16.0 Å². The van der Waals surface area contributed by atoms with Crippen molar-refractivity contribution < 1.29 is 4.42 Å². The van der Waals surface area contributed by atoms with Crippen LogP contribution in [0, 0.1) is 6.92 Å². The number of aromatic nitrogens is 3.